The highest BCUT2D eigenvalue weighted by atomic mass is 19.4. The maximum Gasteiger partial charge on any atom is 0.389 e. The summed E-state index contributed by atoms with van der Waals surface area (Å²) in [5.74, 6) is 0. The normalized spacial score (nSPS) is 11.9. The summed E-state index contributed by atoms with van der Waals surface area (Å²) in [6, 6.07) is 7.93. The molecule has 5 heteroatoms. The molecular weight excluding hydrogens is 265 g/mol. The predicted molar refractivity (Wildman–Crippen MR) is 73.4 cm³/mol. The van der Waals surface area contributed by atoms with Gasteiger partial charge in [-0.25, -0.2) is 0 Å². The highest BCUT2D eigenvalue weighted by Gasteiger charge is 2.25. The molecule has 0 radical (unpaired) electrons. The van der Waals surface area contributed by atoms with Crippen molar-refractivity contribution in [1.82, 2.24) is 10.3 Å². The van der Waals surface area contributed by atoms with Crippen LogP contribution in [0.2, 0.25) is 0 Å². The maximum absolute atomic E-state index is 12.0. The third-order valence-corrected chi connectivity index (χ3v) is 3.15. The molecule has 0 fully saturated rings. The Bertz CT molecular complexity index is 547. The molecule has 0 saturated carbocycles. The number of hydrogen-bond acceptors (Lipinski definition) is 2. The lowest BCUT2D eigenvalue weighted by Crippen LogP contribution is -2.16. The molecule has 0 saturated heterocycles. The van der Waals surface area contributed by atoms with Crippen LogP contribution < -0.4 is 5.32 Å². The van der Waals surface area contributed by atoms with Gasteiger partial charge in [-0.1, -0.05) is 18.2 Å². The van der Waals surface area contributed by atoms with Crippen molar-refractivity contribution in [2.75, 3.05) is 6.54 Å². The summed E-state index contributed by atoms with van der Waals surface area (Å²) in [5.41, 5.74) is 1.14. The van der Waals surface area contributed by atoms with Gasteiger partial charge in [0.25, 0.3) is 0 Å². The fraction of sp³-hybridized carbons (Fsp3) is 0.400. The van der Waals surface area contributed by atoms with Crippen LogP contribution >= 0.6 is 0 Å². The molecule has 2 rings (SSSR count). The molecule has 2 nitrogen and oxygen atoms in total. The first-order chi connectivity index (χ1) is 9.56. The minimum Gasteiger partial charge on any atom is -0.313 e. The molecule has 1 aromatic carbocycles. The van der Waals surface area contributed by atoms with Gasteiger partial charge < -0.3 is 5.32 Å². The van der Waals surface area contributed by atoms with Crippen LogP contribution in [-0.2, 0) is 6.54 Å². The molecule has 1 aromatic heterocycles. The third kappa shape index (κ3) is 4.49. The first-order valence-corrected chi connectivity index (χ1v) is 6.65. The molecule has 0 unspecified atom stereocenters. The third-order valence-electron chi connectivity index (χ3n) is 3.15. The van der Waals surface area contributed by atoms with Gasteiger partial charge in [0.1, 0.15) is 0 Å². The van der Waals surface area contributed by atoms with Crippen LogP contribution in [0.5, 0.6) is 0 Å². The topological polar surface area (TPSA) is 24.9 Å². The molecule has 0 aliphatic rings. The van der Waals surface area contributed by atoms with Crippen molar-refractivity contribution < 1.29 is 13.2 Å². The van der Waals surface area contributed by atoms with Crippen molar-refractivity contribution in [2.45, 2.75) is 32.0 Å². The second-order valence-corrected chi connectivity index (χ2v) is 4.76. The Hall–Kier alpha value is -1.62. The maximum atomic E-state index is 12.0. The van der Waals surface area contributed by atoms with Gasteiger partial charge in [0.2, 0.25) is 0 Å². The fourth-order valence-corrected chi connectivity index (χ4v) is 2.14. The molecular formula is C15H17F3N2. The Labute approximate surface area is 116 Å². The van der Waals surface area contributed by atoms with E-state index in [2.05, 4.69) is 10.3 Å². The number of halogens is 3. The van der Waals surface area contributed by atoms with Gasteiger partial charge >= 0.3 is 6.18 Å². The Balaban J connectivity index is 1.79. The van der Waals surface area contributed by atoms with Gasteiger partial charge in [0.05, 0.1) is 0 Å². The zero-order chi connectivity index (χ0) is 14.4. The lowest BCUT2D eigenvalue weighted by Gasteiger charge is -2.09. The van der Waals surface area contributed by atoms with Gasteiger partial charge in [-0.05, 0) is 36.4 Å². The Kier molecular flexibility index (Phi) is 4.95. The van der Waals surface area contributed by atoms with E-state index in [0.29, 0.717) is 19.5 Å². The van der Waals surface area contributed by atoms with Gasteiger partial charge in [-0.15, -0.1) is 0 Å². The average molecular weight is 282 g/mol. The van der Waals surface area contributed by atoms with Crippen LogP contribution in [0.3, 0.4) is 0 Å². The largest absolute Gasteiger partial charge is 0.389 e. The summed E-state index contributed by atoms with van der Waals surface area (Å²) in [5, 5.41) is 5.40. The van der Waals surface area contributed by atoms with Gasteiger partial charge in [0, 0.05) is 30.7 Å². The van der Waals surface area contributed by atoms with E-state index in [1.165, 1.54) is 0 Å². The smallest absolute Gasteiger partial charge is 0.313 e. The van der Waals surface area contributed by atoms with E-state index >= 15 is 0 Å². The van der Waals surface area contributed by atoms with Gasteiger partial charge in [-0.2, -0.15) is 13.2 Å². The number of nitrogens with one attached hydrogen (secondary N) is 1. The molecule has 0 aliphatic heterocycles. The molecule has 0 atom stereocenters. The number of nitrogens with zero attached hydrogens (tertiary/aromatic N) is 1. The molecule has 108 valence electrons. The monoisotopic (exact) mass is 282 g/mol. The minimum atomic E-state index is -4.04. The van der Waals surface area contributed by atoms with E-state index in [0.717, 1.165) is 16.3 Å². The first kappa shape index (κ1) is 14.8. The lowest BCUT2D eigenvalue weighted by molar-refractivity contribution is -0.135. The van der Waals surface area contributed by atoms with E-state index in [-0.39, 0.29) is 6.42 Å². The zero-order valence-electron chi connectivity index (χ0n) is 11.1. The molecule has 0 spiro atoms. The van der Waals surface area contributed by atoms with Gasteiger partial charge in [-0.3, -0.25) is 4.98 Å². The highest BCUT2D eigenvalue weighted by Crippen LogP contribution is 2.22. The molecule has 1 N–H and O–H groups in total. The fourth-order valence-electron chi connectivity index (χ4n) is 2.14. The molecule has 2 aromatic rings. The molecule has 1 heterocycles. The number of hydrogen-bond donors (Lipinski definition) is 1. The predicted octanol–water partition coefficient (Wildman–Crippen LogP) is 4.06. The number of benzene rings is 1. The van der Waals surface area contributed by atoms with Crippen LogP contribution in [0.4, 0.5) is 13.2 Å². The number of aromatic nitrogens is 1. The Morgan fingerprint density at radius 3 is 2.75 bits per heavy atom. The quantitative estimate of drug-likeness (QED) is 0.808. The van der Waals surface area contributed by atoms with Crippen molar-refractivity contribution in [3.63, 3.8) is 0 Å². The van der Waals surface area contributed by atoms with Crippen LogP contribution in [0.1, 0.15) is 24.8 Å². The zero-order valence-corrected chi connectivity index (χ0v) is 11.1. The SMILES string of the molecule is FC(F)(F)CCCCNCc1cccc2cnccc12. The summed E-state index contributed by atoms with van der Waals surface area (Å²) >= 11 is 0. The van der Waals surface area contributed by atoms with E-state index < -0.39 is 12.6 Å². The van der Waals surface area contributed by atoms with Crippen LogP contribution in [0, 0.1) is 0 Å². The Morgan fingerprint density at radius 1 is 1.10 bits per heavy atom. The van der Waals surface area contributed by atoms with E-state index in [1.807, 2.05) is 30.5 Å². The van der Waals surface area contributed by atoms with Crippen molar-refractivity contribution in [1.29, 1.82) is 0 Å². The second-order valence-electron chi connectivity index (χ2n) is 4.76. The number of fused-ring (bicyclic) bond motifs is 1. The van der Waals surface area contributed by atoms with Crippen molar-refractivity contribution in [3.05, 3.63) is 42.2 Å². The van der Waals surface area contributed by atoms with Crippen LogP contribution in [0.25, 0.3) is 10.8 Å². The average Bonchev–Trinajstić information content (AvgIpc) is 2.41. The summed E-state index contributed by atoms with van der Waals surface area (Å²) in [6.07, 6.45) is -0.476. The second kappa shape index (κ2) is 6.70. The van der Waals surface area contributed by atoms with E-state index in [4.69, 9.17) is 0 Å². The van der Waals surface area contributed by atoms with Crippen molar-refractivity contribution in [3.8, 4) is 0 Å². The first-order valence-electron chi connectivity index (χ1n) is 6.65. The minimum absolute atomic E-state index is 0.177. The highest BCUT2D eigenvalue weighted by molar-refractivity contribution is 5.84. The summed E-state index contributed by atoms with van der Waals surface area (Å²) in [7, 11) is 0. The van der Waals surface area contributed by atoms with Crippen molar-refractivity contribution >= 4 is 10.8 Å². The number of alkyl halides is 3. The Morgan fingerprint density at radius 2 is 1.95 bits per heavy atom. The molecule has 0 amide bonds. The van der Waals surface area contributed by atoms with Crippen LogP contribution in [0.15, 0.2) is 36.7 Å². The summed E-state index contributed by atoms with van der Waals surface area (Å²) in [4.78, 5) is 4.07. The standard InChI is InChI=1S/C15H17F3N2/c16-15(17,18)7-1-2-8-19-10-12-4-3-5-13-11-20-9-6-14(12)13/h3-6,9,11,19H,1-2,7-8,10H2. The van der Waals surface area contributed by atoms with Crippen LogP contribution in [-0.4, -0.2) is 17.7 Å². The molecule has 0 aliphatic carbocycles. The van der Waals surface area contributed by atoms with Crippen molar-refractivity contribution in [2.24, 2.45) is 0 Å². The summed E-state index contributed by atoms with van der Waals surface area (Å²) in [6.45, 7) is 1.25. The summed E-state index contributed by atoms with van der Waals surface area (Å²) < 4.78 is 35.9. The number of unbranched alkanes of at least 4 members (excludes halogenated alkanes) is 1. The van der Waals surface area contributed by atoms with Gasteiger partial charge in [0.15, 0.2) is 0 Å². The number of pyridine rings is 1. The van der Waals surface area contributed by atoms with E-state index in [1.54, 1.807) is 6.20 Å². The lowest BCUT2D eigenvalue weighted by atomic mass is 10.1. The van der Waals surface area contributed by atoms with E-state index in [9.17, 15) is 13.2 Å². The number of rotatable bonds is 6. The molecule has 20 heavy (non-hydrogen) atoms. The molecule has 0 bridgehead atoms.